The monoisotopic (exact) mass is 569 g/mol. The highest BCUT2D eigenvalue weighted by molar-refractivity contribution is 6.00. The summed E-state index contributed by atoms with van der Waals surface area (Å²) in [6.07, 6.45) is 2.35. The van der Waals surface area contributed by atoms with Crippen LogP contribution in [0.3, 0.4) is 0 Å². The first-order valence-corrected chi connectivity index (χ1v) is 14.4. The lowest BCUT2D eigenvalue weighted by Crippen LogP contribution is -2.44. The highest BCUT2D eigenvalue weighted by atomic mass is 16.7. The average molecular weight is 570 g/mol. The van der Waals surface area contributed by atoms with Crippen LogP contribution in [0.2, 0.25) is 0 Å². The molecule has 1 fully saturated rings. The Balaban J connectivity index is 1.21. The number of fused-ring (bicyclic) bond motifs is 2. The van der Waals surface area contributed by atoms with Crippen LogP contribution in [0.1, 0.15) is 28.1 Å². The maximum absolute atomic E-state index is 13.9. The Hall–Kier alpha value is -4.34. The third-order valence-electron chi connectivity index (χ3n) is 7.71. The van der Waals surface area contributed by atoms with E-state index in [1.54, 1.807) is 22.1 Å². The van der Waals surface area contributed by atoms with Gasteiger partial charge in [0.15, 0.2) is 11.5 Å². The second-order valence-corrected chi connectivity index (χ2v) is 10.6. The highest BCUT2D eigenvalue weighted by Crippen LogP contribution is 2.33. The van der Waals surface area contributed by atoms with Gasteiger partial charge < -0.3 is 28.4 Å². The predicted molar refractivity (Wildman–Crippen MR) is 157 cm³/mol. The van der Waals surface area contributed by atoms with E-state index < -0.39 is 0 Å². The molecule has 0 atom stereocenters. The number of benzene rings is 3. The minimum atomic E-state index is -0.162. The van der Waals surface area contributed by atoms with E-state index in [0.717, 1.165) is 55.6 Å². The van der Waals surface area contributed by atoms with Crippen molar-refractivity contribution in [2.24, 2.45) is 0 Å². The summed E-state index contributed by atoms with van der Waals surface area (Å²) in [6, 6.07) is 23.0. The highest BCUT2D eigenvalue weighted by Gasteiger charge is 2.25. The van der Waals surface area contributed by atoms with Crippen molar-refractivity contribution in [1.82, 2.24) is 14.7 Å². The maximum atomic E-state index is 13.9. The molecular formula is C33H35N3O6. The number of hydrogen-bond donors (Lipinski definition) is 0. The molecular weight excluding hydrogens is 534 g/mol. The van der Waals surface area contributed by atoms with Crippen molar-refractivity contribution in [3.63, 3.8) is 0 Å². The number of carbonyl (C=O) groups is 2. The molecule has 218 valence electrons. The second-order valence-electron chi connectivity index (χ2n) is 10.6. The van der Waals surface area contributed by atoms with E-state index in [1.165, 1.54) is 0 Å². The largest absolute Gasteiger partial charge is 0.467 e. The lowest BCUT2D eigenvalue weighted by atomic mass is 10.1. The zero-order chi connectivity index (χ0) is 28.7. The molecule has 2 aliphatic rings. The molecule has 42 heavy (non-hydrogen) atoms. The van der Waals surface area contributed by atoms with Crippen LogP contribution >= 0.6 is 0 Å². The van der Waals surface area contributed by atoms with Crippen molar-refractivity contribution in [3.05, 3.63) is 95.9 Å². The molecule has 6 rings (SSSR count). The van der Waals surface area contributed by atoms with Gasteiger partial charge in [-0.25, -0.2) is 0 Å². The van der Waals surface area contributed by atoms with Crippen LogP contribution in [0.25, 0.3) is 10.8 Å². The fourth-order valence-electron chi connectivity index (χ4n) is 5.41. The van der Waals surface area contributed by atoms with Gasteiger partial charge in [0.1, 0.15) is 12.3 Å². The Kier molecular flexibility index (Phi) is 8.67. The summed E-state index contributed by atoms with van der Waals surface area (Å²) in [4.78, 5) is 33.6. The number of furan rings is 1. The third kappa shape index (κ3) is 6.75. The minimum absolute atomic E-state index is 0.0416. The van der Waals surface area contributed by atoms with Gasteiger partial charge in [-0.2, -0.15) is 0 Å². The summed E-state index contributed by atoms with van der Waals surface area (Å²) in [6.45, 7) is 5.27. The van der Waals surface area contributed by atoms with Crippen LogP contribution in [0.15, 0.2) is 83.5 Å². The van der Waals surface area contributed by atoms with E-state index in [-0.39, 0.29) is 31.7 Å². The molecule has 0 unspecified atom stereocenters. The molecule has 4 aromatic rings. The van der Waals surface area contributed by atoms with Gasteiger partial charge in [-0.15, -0.1) is 0 Å². The number of hydrogen-bond acceptors (Lipinski definition) is 7. The normalized spacial score (nSPS) is 14.7. The van der Waals surface area contributed by atoms with E-state index >= 15 is 0 Å². The number of amides is 2. The van der Waals surface area contributed by atoms with Gasteiger partial charge in [0.25, 0.3) is 5.91 Å². The molecule has 9 heteroatoms. The zero-order valence-electron chi connectivity index (χ0n) is 23.6. The molecule has 0 spiro atoms. The van der Waals surface area contributed by atoms with Gasteiger partial charge in [-0.05, 0) is 59.2 Å². The molecule has 0 radical (unpaired) electrons. The van der Waals surface area contributed by atoms with Crippen LogP contribution in [0.5, 0.6) is 11.5 Å². The molecule has 3 heterocycles. The number of ether oxygens (including phenoxy) is 3. The van der Waals surface area contributed by atoms with E-state index in [0.29, 0.717) is 35.9 Å². The number of morpholine rings is 1. The molecule has 0 aliphatic carbocycles. The predicted octanol–water partition coefficient (Wildman–Crippen LogP) is 4.56. The van der Waals surface area contributed by atoms with Crippen molar-refractivity contribution in [2.75, 3.05) is 52.7 Å². The zero-order valence-corrected chi connectivity index (χ0v) is 23.6. The van der Waals surface area contributed by atoms with Crippen LogP contribution in [-0.2, 0) is 22.6 Å². The van der Waals surface area contributed by atoms with E-state index in [2.05, 4.69) is 4.90 Å². The summed E-state index contributed by atoms with van der Waals surface area (Å²) in [5.74, 6) is 1.70. The van der Waals surface area contributed by atoms with Crippen molar-refractivity contribution < 1.29 is 28.2 Å². The van der Waals surface area contributed by atoms with Gasteiger partial charge in [0.2, 0.25) is 12.7 Å². The van der Waals surface area contributed by atoms with Crippen molar-refractivity contribution >= 4 is 22.6 Å². The number of nitrogens with zero attached hydrogens (tertiary/aromatic N) is 3. The summed E-state index contributed by atoms with van der Waals surface area (Å²) in [7, 11) is 0. The van der Waals surface area contributed by atoms with Crippen molar-refractivity contribution in [3.8, 4) is 11.5 Å². The first-order chi connectivity index (χ1) is 20.6. The Morgan fingerprint density at radius 2 is 1.64 bits per heavy atom. The number of carbonyl (C=O) groups excluding carboxylic acids is 2. The third-order valence-corrected chi connectivity index (χ3v) is 7.71. The molecule has 1 saturated heterocycles. The standard InChI is InChI=1S/C33H35N3O6/c37-32(36(22-29-7-3-16-40-29)21-25-8-11-30-31(19-25)42-24-41-30)23-35(13-4-12-34-14-17-39-18-15-34)33(38)28-10-9-26-5-1-2-6-27(26)20-28/h1-3,5-11,16,19-20H,4,12-15,17-18,21-24H2. The summed E-state index contributed by atoms with van der Waals surface area (Å²) in [5, 5.41) is 2.06. The Bertz CT molecular complexity index is 1520. The summed E-state index contributed by atoms with van der Waals surface area (Å²) >= 11 is 0. The van der Waals surface area contributed by atoms with E-state index in [9.17, 15) is 9.59 Å². The topological polar surface area (TPSA) is 84.7 Å². The van der Waals surface area contributed by atoms with Crippen molar-refractivity contribution in [1.29, 1.82) is 0 Å². The van der Waals surface area contributed by atoms with Crippen LogP contribution in [0.4, 0.5) is 0 Å². The molecule has 1 aromatic heterocycles. The fourth-order valence-corrected chi connectivity index (χ4v) is 5.41. The number of rotatable bonds is 11. The maximum Gasteiger partial charge on any atom is 0.254 e. The van der Waals surface area contributed by atoms with Gasteiger partial charge >= 0.3 is 0 Å². The Morgan fingerprint density at radius 1 is 0.810 bits per heavy atom. The molecule has 9 nitrogen and oxygen atoms in total. The Morgan fingerprint density at radius 3 is 2.48 bits per heavy atom. The Labute approximate surface area is 245 Å². The smallest absolute Gasteiger partial charge is 0.254 e. The molecule has 0 bridgehead atoms. The lowest BCUT2D eigenvalue weighted by molar-refractivity contribution is -0.133. The van der Waals surface area contributed by atoms with Gasteiger partial charge in [-0.3, -0.25) is 14.5 Å². The fraction of sp³-hybridized carbons (Fsp3) is 0.333. The van der Waals surface area contributed by atoms with E-state index in [1.807, 2.05) is 66.7 Å². The second kappa shape index (κ2) is 13.1. The molecule has 3 aromatic carbocycles. The van der Waals surface area contributed by atoms with Crippen LogP contribution in [-0.4, -0.2) is 79.2 Å². The van der Waals surface area contributed by atoms with Gasteiger partial charge in [0, 0.05) is 38.3 Å². The summed E-state index contributed by atoms with van der Waals surface area (Å²) in [5.41, 5.74) is 1.47. The molecule has 0 N–H and O–H groups in total. The quantitative estimate of drug-likeness (QED) is 0.262. The minimum Gasteiger partial charge on any atom is -0.467 e. The van der Waals surface area contributed by atoms with E-state index in [4.69, 9.17) is 18.6 Å². The van der Waals surface area contributed by atoms with Gasteiger partial charge in [0.05, 0.1) is 26.0 Å². The first-order valence-electron chi connectivity index (χ1n) is 14.4. The average Bonchev–Trinajstić information content (AvgIpc) is 3.72. The summed E-state index contributed by atoms with van der Waals surface area (Å²) < 4.78 is 22.1. The lowest BCUT2D eigenvalue weighted by Gasteiger charge is -2.30. The molecule has 2 aliphatic heterocycles. The first kappa shape index (κ1) is 27.8. The molecule has 2 amide bonds. The SMILES string of the molecule is O=C(CN(CCCN1CCOCC1)C(=O)c1ccc2ccccc2c1)N(Cc1ccc2c(c1)OCO2)Cc1ccco1. The van der Waals surface area contributed by atoms with Crippen LogP contribution < -0.4 is 9.47 Å². The van der Waals surface area contributed by atoms with Crippen molar-refractivity contribution in [2.45, 2.75) is 19.5 Å². The van der Waals surface area contributed by atoms with Crippen LogP contribution in [0, 0.1) is 0 Å². The van der Waals surface area contributed by atoms with Gasteiger partial charge in [-0.1, -0.05) is 36.4 Å². The molecule has 0 saturated carbocycles.